The maximum atomic E-state index is 12.5. The first-order valence-corrected chi connectivity index (χ1v) is 4.07. The molecular formula is C9H6F3N3O. The lowest BCUT2D eigenvalue weighted by Gasteiger charge is -2.13. The molecule has 0 atom stereocenters. The van der Waals surface area contributed by atoms with Crippen molar-refractivity contribution in [3.8, 4) is 6.19 Å². The molecule has 1 aromatic heterocycles. The number of rotatable bonds is 1. The van der Waals surface area contributed by atoms with E-state index >= 15 is 0 Å². The maximum Gasteiger partial charge on any atom is 0.417 e. The van der Waals surface area contributed by atoms with Crippen LogP contribution in [0, 0.1) is 11.5 Å². The zero-order valence-corrected chi connectivity index (χ0v) is 8.12. The van der Waals surface area contributed by atoms with Gasteiger partial charge in [-0.05, 0) is 6.07 Å². The average Bonchev–Trinajstić information content (AvgIpc) is 2.26. The number of carbonyl (C=O) groups is 1. The third-order valence-electron chi connectivity index (χ3n) is 1.81. The molecule has 1 aromatic rings. The molecule has 0 bridgehead atoms. The highest BCUT2D eigenvalue weighted by Gasteiger charge is 2.35. The molecule has 0 saturated carbocycles. The maximum absolute atomic E-state index is 12.5. The number of aromatic nitrogens is 1. The Morgan fingerprint density at radius 2 is 2.19 bits per heavy atom. The predicted octanol–water partition coefficient (Wildman–Crippen LogP) is 1.65. The summed E-state index contributed by atoms with van der Waals surface area (Å²) in [5.41, 5.74) is -1.74. The van der Waals surface area contributed by atoms with Crippen LogP contribution >= 0.6 is 0 Å². The van der Waals surface area contributed by atoms with E-state index in [1.807, 2.05) is 0 Å². The molecule has 0 radical (unpaired) electrons. The van der Waals surface area contributed by atoms with Crippen molar-refractivity contribution in [2.24, 2.45) is 0 Å². The largest absolute Gasteiger partial charge is 0.417 e. The SMILES string of the molecule is CN(C#N)C(=O)c1cnccc1C(F)(F)F. The number of alkyl halides is 3. The third kappa shape index (κ3) is 2.28. The molecule has 0 aliphatic rings. The standard InChI is InChI=1S/C9H6F3N3O/c1-15(5-13)8(16)6-4-14-3-2-7(6)9(10,11)12/h2-4H,1H3. The Balaban J connectivity index is 3.26. The minimum absolute atomic E-state index is 0.506. The molecule has 0 N–H and O–H groups in total. The van der Waals surface area contributed by atoms with Crippen LogP contribution in [0.2, 0.25) is 0 Å². The highest BCUT2D eigenvalue weighted by Crippen LogP contribution is 2.31. The zero-order chi connectivity index (χ0) is 12.3. The molecule has 0 unspecified atom stereocenters. The van der Waals surface area contributed by atoms with Gasteiger partial charge in [0.15, 0.2) is 6.19 Å². The summed E-state index contributed by atoms with van der Waals surface area (Å²) in [6.07, 6.45) is -1.49. The van der Waals surface area contributed by atoms with Crippen LogP contribution < -0.4 is 0 Å². The van der Waals surface area contributed by atoms with Crippen LogP contribution in [0.4, 0.5) is 13.2 Å². The van der Waals surface area contributed by atoms with Gasteiger partial charge in [0.1, 0.15) is 0 Å². The second-order valence-corrected chi connectivity index (χ2v) is 2.88. The molecule has 0 fully saturated rings. The Bertz CT molecular complexity index is 450. The van der Waals surface area contributed by atoms with Gasteiger partial charge in [-0.25, -0.2) is 4.90 Å². The molecule has 0 aliphatic heterocycles. The summed E-state index contributed by atoms with van der Waals surface area (Å²) in [7, 11) is 1.08. The van der Waals surface area contributed by atoms with E-state index in [0.29, 0.717) is 11.0 Å². The molecule has 1 heterocycles. The van der Waals surface area contributed by atoms with Crippen molar-refractivity contribution in [2.45, 2.75) is 6.18 Å². The summed E-state index contributed by atoms with van der Waals surface area (Å²) in [5.74, 6) is -1.04. The number of halogens is 3. The van der Waals surface area contributed by atoms with E-state index in [4.69, 9.17) is 5.26 Å². The summed E-state index contributed by atoms with van der Waals surface area (Å²) in [6, 6.07) is 0.693. The first-order chi connectivity index (χ1) is 7.38. The lowest BCUT2D eigenvalue weighted by molar-refractivity contribution is -0.138. The van der Waals surface area contributed by atoms with Crippen LogP contribution in [0.5, 0.6) is 0 Å². The fourth-order valence-corrected chi connectivity index (χ4v) is 1.04. The molecule has 84 valence electrons. The van der Waals surface area contributed by atoms with Gasteiger partial charge < -0.3 is 0 Å². The second-order valence-electron chi connectivity index (χ2n) is 2.88. The number of nitrogens with zero attached hydrogens (tertiary/aromatic N) is 3. The van der Waals surface area contributed by atoms with Gasteiger partial charge in [0.25, 0.3) is 5.91 Å². The van der Waals surface area contributed by atoms with Crippen molar-refractivity contribution < 1.29 is 18.0 Å². The molecule has 0 saturated heterocycles. The van der Waals surface area contributed by atoms with Crippen LogP contribution in [0.1, 0.15) is 15.9 Å². The van der Waals surface area contributed by atoms with Gasteiger partial charge in [-0.15, -0.1) is 0 Å². The average molecular weight is 229 g/mol. The predicted molar refractivity (Wildman–Crippen MR) is 46.9 cm³/mol. The van der Waals surface area contributed by atoms with Crippen LogP contribution in [-0.2, 0) is 6.18 Å². The van der Waals surface area contributed by atoms with Gasteiger partial charge in [0, 0.05) is 19.4 Å². The normalized spacial score (nSPS) is 10.7. The zero-order valence-electron chi connectivity index (χ0n) is 8.12. The number of carbonyl (C=O) groups excluding carboxylic acids is 1. The van der Waals surface area contributed by atoms with Crippen molar-refractivity contribution in [3.63, 3.8) is 0 Å². The molecule has 1 rings (SSSR count). The summed E-state index contributed by atoms with van der Waals surface area (Å²) in [5, 5.41) is 8.41. The van der Waals surface area contributed by atoms with Crippen LogP contribution in [0.3, 0.4) is 0 Å². The number of nitriles is 1. The Morgan fingerprint density at radius 1 is 1.56 bits per heavy atom. The van der Waals surface area contributed by atoms with E-state index in [1.165, 1.54) is 6.19 Å². The quantitative estimate of drug-likeness (QED) is 0.543. The summed E-state index contributed by atoms with van der Waals surface area (Å²) in [6.45, 7) is 0. The Labute approximate surface area is 88.9 Å². The lowest BCUT2D eigenvalue weighted by atomic mass is 10.1. The number of hydrogen-bond acceptors (Lipinski definition) is 3. The first-order valence-electron chi connectivity index (χ1n) is 4.07. The van der Waals surface area contributed by atoms with Crippen molar-refractivity contribution in [1.29, 1.82) is 5.26 Å². The highest BCUT2D eigenvalue weighted by molar-refractivity contribution is 5.96. The minimum Gasteiger partial charge on any atom is -0.268 e. The fourth-order valence-electron chi connectivity index (χ4n) is 1.04. The smallest absolute Gasteiger partial charge is 0.268 e. The minimum atomic E-state index is -4.65. The highest BCUT2D eigenvalue weighted by atomic mass is 19.4. The molecule has 16 heavy (non-hydrogen) atoms. The Hall–Kier alpha value is -2.10. The Morgan fingerprint density at radius 3 is 2.69 bits per heavy atom. The van der Waals surface area contributed by atoms with Crippen LogP contribution in [0.25, 0.3) is 0 Å². The van der Waals surface area contributed by atoms with E-state index in [0.717, 1.165) is 19.4 Å². The number of amides is 1. The number of pyridine rings is 1. The summed E-state index contributed by atoms with van der Waals surface area (Å²) >= 11 is 0. The molecular weight excluding hydrogens is 223 g/mol. The van der Waals surface area contributed by atoms with Crippen molar-refractivity contribution in [1.82, 2.24) is 9.88 Å². The molecule has 0 aliphatic carbocycles. The van der Waals surface area contributed by atoms with Crippen molar-refractivity contribution in [2.75, 3.05) is 7.05 Å². The van der Waals surface area contributed by atoms with Gasteiger partial charge in [0.2, 0.25) is 0 Å². The summed E-state index contributed by atoms with van der Waals surface area (Å²) in [4.78, 5) is 15.4. The van der Waals surface area contributed by atoms with Crippen molar-refractivity contribution in [3.05, 3.63) is 29.6 Å². The van der Waals surface area contributed by atoms with Crippen LogP contribution in [0.15, 0.2) is 18.5 Å². The van der Waals surface area contributed by atoms with Gasteiger partial charge in [-0.2, -0.15) is 18.4 Å². The van der Waals surface area contributed by atoms with E-state index in [2.05, 4.69) is 4.98 Å². The molecule has 0 spiro atoms. The lowest BCUT2D eigenvalue weighted by Crippen LogP contribution is -2.24. The fraction of sp³-hybridized carbons (Fsp3) is 0.222. The molecule has 7 heteroatoms. The van der Waals surface area contributed by atoms with Gasteiger partial charge in [-0.1, -0.05) is 0 Å². The van der Waals surface area contributed by atoms with E-state index in [9.17, 15) is 18.0 Å². The summed E-state index contributed by atoms with van der Waals surface area (Å²) < 4.78 is 37.5. The molecule has 4 nitrogen and oxygen atoms in total. The van der Waals surface area contributed by atoms with E-state index in [-0.39, 0.29) is 0 Å². The van der Waals surface area contributed by atoms with E-state index < -0.39 is 23.2 Å². The first kappa shape index (κ1) is 12.0. The molecule has 1 amide bonds. The number of hydrogen-bond donors (Lipinski definition) is 0. The second kappa shape index (κ2) is 4.18. The van der Waals surface area contributed by atoms with Gasteiger partial charge in [-0.3, -0.25) is 9.78 Å². The monoisotopic (exact) mass is 229 g/mol. The topological polar surface area (TPSA) is 57.0 Å². The van der Waals surface area contributed by atoms with Crippen molar-refractivity contribution >= 4 is 5.91 Å². The van der Waals surface area contributed by atoms with E-state index in [1.54, 1.807) is 0 Å². The van der Waals surface area contributed by atoms with Gasteiger partial charge >= 0.3 is 6.18 Å². The molecule has 0 aromatic carbocycles. The Kier molecular flexibility index (Phi) is 3.13. The third-order valence-corrected chi connectivity index (χ3v) is 1.81. The van der Waals surface area contributed by atoms with Crippen LogP contribution in [-0.4, -0.2) is 22.8 Å². The van der Waals surface area contributed by atoms with Gasteiger partial charge in [0.05, 0.1) is 11.1 Å².